The van der Waals surface area contributed by atoms with Crippen molar-refractivity contribution >= 4 is 18.0 Å². The van der Waals surface area contributed by atoms with Crippen LogP contribution in [0.5, 0.6) is 0 Å². The van der Waals surface area contributed by atoms with Crippen LogP contribution in [-0.4, -0.2) is 42.3 Å². The van der Waals surface area contributed by atoms with Crippen molar-refractivity contribution < 1.29 is 24.2 Å². The van der Waals surface area contributed by atoms with Crippen LogP contribution in [0.4, 0.5) is 4.79 Å². The summed E-state index contributed by atoms with van der Waals surface area (Å²) in [5.41, 5.74) is 4.76. The Morgan fingerprint density at radius 2 is 1.52 bits per heavy atom. The Morgan fingerprint density at radius 3 is 2.12 bits per heavy atom. The Kier molecular flexibility index (Phi) is 7.27. The van der Waals surface area contributed by atoms with E-state index in [2.05, 4.69) is 34.9 Å². The summed E-state index contributed by atoms with van der Waals surface area (Å²) in [6, 6.07) is 16.5. The summed E-state index contributed by atoms with van der Waals surface area (Å²) in [5, 5.41) is 14.4. The van der Waals surface area contributed by atoms with Crippen molar-refractivity contribution in [2.45, 2.75) is 50.5 Å². The lowest BCUT2D eigenvalue weighted by Gasteiger charge is -2.28. The molecule has 1 saturated carbocycles. The van der Waals surface area contributed by atoms with Crippen LogP contribution in [0.15, 0.2) is 48.5 Å². The predicted octanol–water partition coefficient (Wildman–Crippen LogP) is 4.06. The SMILES string of the molecule is O=C(O)CCCNC(=O)C1CCC(NC(=O)OCC2c3ccccc3-c3ccccc32)CC1. The predicted molar refractivity (Wildman–Crippen MR) is 124 cm³/mol. The number of nitrogens with one attached hydrogen (secondary N) is 2. The number of carbonyl (C=O) groups is 3. The van der Waals surface area contributed by atoms with E-state index in [0.29, 0.717) is 25.8 Å². The van der Waals surface area contributed by atoms with Gasteiger partial charge in [-0.25, -0.2) is 4.79 Å². The standard InChI is InChI=1S/C26H30N2O5/c29-24(30)10-5-15-27-25(31)17-11-13-18(14-12-17)28-26(32)33-16-23-21-8-3-1-6-19(21)20-7-2-4-9-22(20)23/h1-4,6-9,17-18,23H,5,10-16H2,(H,27,31)(H,28,32)(H,29,30). The zero-order valence-electron chi connectivity index (χ0n) is 18.6. The molecule has 2 amide bonds. The zero-order valence-corrected chi connectivity index (χ0v) is 18.6. The first kappa shape index (κ1) is 22.8. The van der Waals surface area contributed by atoms with Gasteiger partial charge in [0.25, 0.3) is 0 Å². The van der Waals surface area contributed by atoms with Gasteiger partial charge in [0.15, 0.2) is 0 Å². The lowest BCUT2D eigenvalue weighted by molar-refractivity contribution is -0.137. The van der Waals surface area contributed by atoms with E-state index < -0.39 is 12.1 Å². The van der Waals surface area contributed by atoms with Crippen LogP contribution >= 0.6 is 0 Å². The van der Waals surface area contributed by atoms with Gasteiger partial charge in [0.1, 0.15) is 6.61 Å². The lowest BCUT2D eigenvalue weighted by Crippen LogP contribution is -2.41. The molecule has 0 aliphatic heterocycles. The Hall–Kier alpha value is -3.35. The van der Waals surface area contributed by atoms with Crippen LogP contribution in [0.1, 0.15) is 55.6 Å². The molecule has 174 valence electrons. The van der Waals surface area contributed by atoms with Gasteiger partial charge in [0, 0.05) is 30.8 Å². The van der Waals surface area contributed by atoms with Crippen molar-refractivity contribution in [3.8, 4) is 11.1 Å². The van der Waals surface area contributed by atoms with Crippen molar-refractivity contribution in [1.29, 1.82) is 0 Å². The number of hydrogen-bond acceptors (Lipinski definition) is 4. The van der Waals surface area contributed by atoms with Crippen molar-refractivity contribution in [2.24, 2.45) is 5.92 Å². The largest absolute Gasteiger partial charge is 0.481 e. The molecule has 0 saturated heterocycles. The summed E-state index contributed by atoms with van der Waals surface area (Å²) < 4.78 is 5.62. The highest BCUT2D eigenvalue weighted by molar-refractivity contribution is 5.79. The van der Waals surface area contributed by atoms with Gasteiger partial charge in [-0.15, -0.1) is 0 Å². The maximum atomic E-state index is 12.5. The minimum absolute atomic E-state index is 0.00305. The van der Waals surface area contributed by atoms with Gasteiger partial charge in [0.05, 0.1) is 0 Å². The molecule has 7 nitrogen and oxygen atoms in total. The molecule has 0 radical (unpaired) electrons. The van der Waals surface area contributed by atoms with E-state index in [-0.39, 0.29) is 36.8 Å². The van der Waals surface area contributed by atoms with Gasteiger partial charge in [-0.05, 0) is 54.4 Å². The van der Waals surface area contributed by atoms with Crippen LogP contribution < -0.4 is 10.6 Å². The molecule has 2 aliphatic rings. The van der Waals surface area contributed by atoms with Gasteiger partial charge in [-0.1, -0.05) is 48.5 Å². The third kappa shape index (κ3) is 5.53. The fourth-order valence-electron chi connectivity index (χ4n) is 4.90. The number of carbonyl (C=O) groups excluding carboxylic acids is 2. The fourth-order valence-corrected chi connectivity index (χ4v) is 4.90. The molecule has 4 rings (SSSR count). The van der Waals surface area contributed by atoms with Crippen LogP contribution in [0, 0.1) is 5.92 Å². The van der Waals surface area contributed by atoms with Crippen molar-refractivity contribution in [3.63, 3.8) is 0 Å². The molecule has 0 spiro atoms. The second-order valence-corrected chi connectivity index (χ2v) is 8.81. The van der Waals surface area contributed by atoms with Gasteiger partial charge in [0.2, 0.25) is 5.91 Å². The van der Waals surface area contributed by atoms with E-state index in [4.69, 9.17) is 9.84 Å². The number of carboxylic acids is 1. The van der Waals surface area contributed by atoms with Crippen molar-refractivity contribution in [3.05, 3.63) is 59.7 Å². The van der Waals surface area contributed by atoms with Crippen LogP contribution in [0.25, 0.3) is 11.1 Å². The highest BCUT2D eigenvalue weighted by Crippen LogP contribution is 2.44. The molecule has 3 N–H and O–H groups in total. The molecule has 0 aromatic heterocycles. The normalized spacial score (nSPS) is 19.3. The minimum Gasteiger partial charge on any atom is -0.481 e. The summed E-state index contributed by atoms with van der Waals surface area (Å²) in [4.78, 5) is 35.3. The van der Waals surface area contributed by atoms with Gasteiger partial charge >= 0.3 is 12.1 Å². The quantitative estimate of drug-likeness (QED) is 0.526. The number of fused-ring (bicyclic) bond motifs is 3. The second kappa shape index (κ2) is 10.5. The average Bonchev–Trinajstić information content (AvgIpc) is 3.14. The molecule has 0 heterocycles. The maximum Gasteiger partial charge on any atom is 0.407 e. The molecular weight excluding hydrogens is 420 g/mol. The monoisotopic (exact) mass is 450 g/mol. The molecule has 0 unspecified atom stereocenters. The van der Waals surface area contributed by atoms with E-state index in [1.165, 1.54) is 22.3 Å². The summed E-state index contributed by atoms with van der Waals surface area (Å²) >= 11 is 0. The molecule has 0 bridgehead atoms. The Bertz CT molecular complexity index is 968. The number of alkyl carbamates (subject to hydrolysis) is 1. The van der Waals surface area contributed by atoms with Crippen molar-refractivity contribution in [1.82, 2.24) is 10.6 Å². The van der Waals surface area contributed by atoms with Gasteiger partial charge in [-0.2, -0.15) is 0 Å². The first-order chi connectivity index (χ1) is 16.0. The van der Waals surface area contributed by atoms with E-state index in [1.54, 1.807) is 0 Å². The van der Waals surface area contributed by atoms with E-state index in [0.717, 1.165) is 12.8 Å². The third-order valence-electron chi connectivity index (χ3n) is 6.63. The first-order valence-corrected chi connectivity index (χ1v) is 11.6. The Labute approximate surface area is 193 Å². The molecule has 33 heavy (non-hydrogen) atoms. The molecule has 2 aromatic rings. The highest BCUT2D eigenvalue weighted by Gasteiger charge is 2.30. The Balaban J connectivity index is 1.22. The molecular formula is C26H30N2O5. The fraction of sp³-hybridized carbons (Fsp3) is 0.423. The molecule has 1 fully saturated rings. The average molecular weight is 451 g/mol. The number of amides is 2. The number of aliphatic carboxylic acids is 1. The summed E-state index contributed by atoms with van der Waals surface area (Å²) in [7, 11) is 0. The summed E-state index contributed by atoms with van der Waals surface area (Å²) in [6.07, 6.45) is 2.89. The Morgan fingerprint density at radius 1 is 0.909 bits per heavy atom. The molecule has 2 aliphatic carbocycles. The first-order valence-electron chi connectivity index (χ1n) is 11.6. The van der Waals surface area contributed by atoms with Crippen LogP contribution in [0.2, 0.25) is 0 Å². The summed E-state index contributed by atoms with van der Waals surface area (Å²) in [5.74, 6) is -0.942. The van der Waals surface area contributed by atoms with Gasteiger partial charge in [-0.3, -0.25) is 9.59 Å². The molecule has 2 aromatic carbocycles. The van der Waals surface area contributed by atoms with E-state index in [1.807, 2.05) is 24.3 Å². The number of benzene rings is 2. The zero-order chi connectivity index (χ0) is 23.2. The van der Waals surface area contributed by atoms with E-state index in [9.17, 15) is 14.4 Å². The second-order valence-electron chi connectivity index (χ2n) is 8.81. The number of hydrogen-bond donors (Lipinski definition) is 3. The lowest BCUT2D eigenvalue weighted by atomic mass is 9.85. The number of ether oxygens (including phenoxy) is 1. The topological polar surface area (TPSA) is 105 Å². The summed E-state index contributed by atoms with van der Waals surface area (Å²) in [6.45, 7) is 0.664. The van der Waals surface area contributed by atoms with E-state index >= 15 is 0 Å². The highest BCUT2D eigenvalue weighted by atomic mass is 16.5. The minimum atomic E-state index is -0.857. The van der Waals surface area contributed by atoms with Crippen molar-refractivity contribution in [2.75, 3.05) is 13.2 Å². The number of carboxylic acid groups (broad SMARTS) is 1. The smallest absolute Gasteiger partial charge is 0.407 e. The molecule has 7 heteroatoms. The third-order valence-corrected chi connectivity index (χ3v) is 6.63. The maximum absolute atomic E-state index is 12.5. The van der Waals surface area contributed by atoms with Gasteiger partial charge < -0.3 is 20.5 Å². The number of rotatable bonds is 8. The van der Waals surface area contributed by atoms with Crippen LogP contribution in [-0.2, 0) is 14.3 Å². The molecule has 0 atom stereocenters. The van der Waals surface area contributed by atoms with Crippen LogP contribution in [0.3, 0.4) is 0 Å².